The molecule has 3 N–H and O–H groups in total. The van der Waals surface area contributed by atoms with Crippen molar-refractivity contribution in [1.29, 1.82) is 0 Å². The topological polar surface area (TPSA) is 55.1 Å². The number of hydrogen-bond donors (Lipinski definition) is 2. The van der Waals surface area contributed by atoms with Crippen LogP contribution in [0, 0.1) is 13.8 Å². The number of aryl methyl sites for hydroxylation is 1. The lowest BCUT2D eigenvalue weighted by molar-refractivity contribution is -0.115. The summed E-state index contributed by atoms with van der Waals surface area (Å²) in [6, 6.07) is 5.87. The van der Waals surface area contributed by atoms with Crippen LogP contribution in [0.3, 0.4) is 0 Å². The number of thioether (sulfide) groups is 1. The number of rotatable bonds is 5. The highest BCUT2D eigenvalue weighted by molar-refractivity contribution is 8.02. The lowest BCUT2D eigenvalue weighted by Crippen LogP contribution is -2.25. The van der Waals surface area contributed by atoms with Crippen LogP contribution in [0.25, 0.3) is 0 Å². The molecule has 1 aromatic rings. The Morgan fingerprint density at radius 2 is 2.17 bits per heavy atom. The second-order valence-corrected chi connectivity index (χ2v) is 6.01. The van der Waals surface area contributed by atoms with Gasteiger partial charge in [-0.2, -0.15) is 0 Å². The molecule has 0 aliphatic carbocycles. The average molecular weight is 282 g/mol. The number of hydrogen-bond acceptors (Lipinski definition) is 3. The molecule has 0 aromatic heterocycles. The van der Waals surface area contributed by atoms with E-state index in [1.807, 2.05) is 39.0 Å². The molecular formula is C13H18N2OS2. The normalized spacial score (nSPS) is 11.9. The molecular weight excluding hydrogens is 264 g/mol. The quantitative estimate of drug-likeness (QED) is 0.815. The summed E-state index contributed by atoms with van der Waals surface area (Å²) in [5.74, 6) is 0.501. The van der Waals surface area contributed by atoms with Crippen molar-refractivity contribution < 1.29 is 4.79 Å². The van der Waals surface area contributed by atoms with Crippen LogP contribution in [0.1, 0.15) is 18.1 Å². The van der Waals surface area contributed by atoms with Crippen LogP contribution >= 0.6 is 24.0 Å². The molecule has 0 aliphatic rings. The summed E-state index contributed by atoms with van der Waals surface area (Å²) >= 11 is 6.24. The Morgan fingerprint density at radius 3 is 2.78 bits per heavy atom. The second kappa shape index (κ2) is 6.75. The van der Waals surface area contributed by atoms with Gasteiger partial charge in [-0.05, 0) is 38.0 Å². The Balaban J connectivity index is 2.64. The number of carbonyl (C=O) groups is 1. The molecule has 5 heteroatoms. The molecule has 98 valence electrons. The maximum Gasteiger partial charge on any atom is 0.237 e. The highest BCUT2D eigenvalue weighted by atomic mass is 32.2. The maximum atomic E-state index is 12.0. The van der Waals surface area contributed by atoms with Crippen LogP contribution in [0.2, 0.25) is 0 Å². The van der Waals surface area contributed by atoms with E-state index >= 15 is 0 Å². The zero-order valence-corrected chi connectivity index (χ0v) is 12.5. The van der Waals surface area contributed by atoms with Gasteiger partial charge in [-0.1, -0.05) is 24.4 Å². The minimum absolute atomic E-state index is 0.0232. The summed E-state index contributed by atoms with van der Waals surface area (Å²) in [5, 5.41) is 2.76. The first-order chi connectivity index (χ1) is 8.41. The van der Waals surface area contributed by atoms with Gasteiger partial charge in [0.25, 0.3) is 0 Å². The number of benzene rings is 1. The van der Waals surface area contributed by atoms with Gasteiger partial charge < -0.3 is 11.1 Å². The molecule has 1 unspecified atom stereocenters. The molecule has 0 spiro atoms. The van der Waals surface area contributed by atoms with Gasteiger partial charge in [-0.25, -0.2) is 0 Å². The molecule has 0 bridgehead atoms. The molecule has 1 atom stereocenters. The molecule has 0 aliphatic heterocycles. The summed E-state index contributed by atoms with van der Waals surface area (Å²) in [5.41, 5.74) is 8.54. The molecule has 1 amide bonds. The van der Waals surface area contributed by atoms with Crippen molar-refractivity contribution in [1.82, 2.24) is 0 Å². The van der Waals surface area contributed by atoms with Crippen LogP contribution in [0.4, 0.5) is 5.69 Å². The first-order valence-electron chi connectivity index (χ1n) is 5.68. The third kappa shape index (κ3) is 4.31. The smallest absolute Gasteiger partial charge is 0.237 e. The molecule has 0 heterocycles. The molecule has 3 nitrogen and oxygen atoms in total. The van der Waals surface area contributed by atoms with Gasteiger partial charge in [-0.15, -0.1) is 11.8 Å². The van der Waals surface area contributed by atoms with Gasteiger partial charge in [0, 0.05) is 11.4 Å². The number of amides is 1. The lowest BCUT2D eigenvalue weighted by atomic mass is 10.1. The van der Waals surface area contributed by atoms with Crippen LogP contribution in [0.15, 0.2) is 18.2 Å². The van der Waals surface area contributed by atoms with Crippen LogP contribution in [-0.4, -0.2) is 21.9 Å². The van der Waals surface area contributed by atoms with E-state index in [9.17, 15) is 4.79 Å². The summed E-state index contributed by atoms with van der Waals surface area (Å²) in [7, 11) is 0. The zero-order valence-electron chi connectivity index (χ0n) is 10.8. The van der Waals surface area contributed by atoms with E-state index in [0.29, 0.717) is 10.7 Å². The third-order valence-electron chi connectivity index (χ3n) is 2.71. The molecule has 18 heavy (non-hydrogen) atoms. The summed E-state index contributed by atoms with van der Waals surface area (Å²) < 4.78 is 0. The predicted octanol–water partition coefficient (Wildman–Crippen LogP) is 2.65. The van der Waals surface area contributed by atoms with Crippen molar-refractivity contribution in [2.24, 2.45) is 5.73 Å². The van der Waals surface area contributed by atoms with Crippen molar-refractivity contribution in [3.63, 3.8) is 0 Å². The van der Waals surface area contributed by atoms with Crippen LogP contribution < -0.4 is 11.1 Å². The molecule has 1 aromatic carbocycles. The Bertz CT molecular complexity index is 460. The molecule has 0 radical (unpaired) electrons. The minimum atomic E-state index is -0.175. The first kappa shape index (κ1) is 15.0. The number of nitrogens with two attached hydrogens (primary N) is 1. The van der Waals surface area contributed by atoms with Crippen molar-refractivity contribution in [2.45, 2.75) is 26.0 Å². The standard InChI is InChI=1S/C13H18N2OS2/c1-8-5-4-6-11(9(8)2)15-13(16)10(3)18-7-12(14)17/h4-6,10H,7H2,1-3H3,(H2,14,17)(H,15,16). The monoisotopic (exact) mass is 282 g/mol. The number of thiocarbonyl (C=S) groups is 1. The first-order valence-corrected chi connectivity index (χ1v) is 7.14. The summed E-state index contributed by atoms with van der Waals surface area (Å²) in [6.45, 7) is 5.87. The van der Waals surface area contributed by atoms with Crippen molar-refractivity contribution in [3.8, 4) is 0 Å². The van der Waals surface area contributed by atoms with E-state index in [0.717, 1.165) is 16.8 Å². The Hall–Kier alpha value is -1.07. The van der Waals surface area contributed by atoms with Gasteiger partial charge in [0.1, 0.15) is 0 Å². The van der Waals surface area contributed by atoms with Gasteiger partial charge in [0.05, 0.1) is 10.2 Å². The molecule has 1 rings (SSSR count). The van der Waals surface area contributed by atoms with Gasteiger partial charge in [-0.3, -0.25) is 4.79 Å². The minimum Gasteiger partial charge on any atom is -0.393 e. The Kier molecular flexibility index (Phi) is 5.62. The fourth-order valence-electron chi connectivity index (χ4n) is 1.40. The van der Waals surface area contributed by atoms with E-state index in [-0.39, 0.29) is 11.2 Å². The predicted molar refractivity (Wildman–Crippen MR) is 83.3 cm³/mol. The van der Waals surface area contributed by atoms with Gasteiger partial charge in [0.15, 0.2) is 0 Å². The zero-order chi connectivity index (χ0) is 13.7. The summed E-state index contributed by atoms with van der Waals surface area (Å²) in [6.07, 6.45) is 0. The number of anilines is 1. The fraction of sp³-hybridized carbons (Fsp3) is 0.385. The van der Waals surface area contributed by atoms with Gasteiger partial charge in [0.2, 0.25) is 5.91 Å². The average Bonchev–Trinajstić information content (AvgIpc) is 2.31. The number of nitrogens with one attached hydrogen (secondary N) is 1. The maximum absolute atomic E-state index is 12.0. The highest BCUT2D eigenvalue weighted by Crippen LogP contribution is 2.20. The highest BCUT2D eigenvalue weighted by Gasteiger charge is 2.14. The Labute approximate surface area is 118 Å². The fourth-order valence-corrected chi connectivity index (χ4v) is 2.23. The van der Waals surface area contributed by atoms with E-state index in [4.69, 9.17) is 18.0 Å². The number of carbonyl (C=O) groups excluding carboxylic acids is 1. The second-order valence-electron chi connectivity index (χ2n) is 4.16. The Morgan fingerprint density at radius 1 is 1.50 bits per heavy atom. The van der Waals surface area contributed by atoms with Crippen LogP contribution in [0.5, 0.6) is 0 Å². The van der Waals surface area contributed by atoms with Crippen molar-refractivity contribution in [2.75, 3.05) is 11.1 Å². The largest absolute Gasteiger partial charge is 0.393 e. The molecule has 0 saturated heterocycles. The van der Waals surface area contributed by atoms with E-state index in [2.05, 4.69) is 5.32 Å². The third-order valence-corrected chi connectivity index (χ3v) is 4.23. The lowest BCUT2D eigenvalue weighted by Gasteiger charge is -2.14. The van der Waals surface area contributed by atoms with Crippen molar-refractivity contribution >= 4 is 40.6 Å². The van der Waals surface area contributed by atoms with E-state index in [1.165, 1.54) is 11.8 Å². The molecule has 0 saturated carbocycles. The van der Waals surface area contributed by atoms with Crippen LogP contribution in [-0.2, 0) is 4.79 Å². The summed E-state index contributed by atoms with van der Waals surface area (Å²) in [4.78, 5) is 12.4. The van der Waals surface area contributed by atoms with Gasteiger partial charge >= 0.3 is 0 Å². The molecule has 0 fully saturated rings. The van der Waals surface area contributed by atoms with Crippen molar-refractivity contribution in [3.05, 3.63) is 29.3 Å². The van der Waals surface area contributed by atoms with E-state index < -0.39 is 0 Å². The SMILES string of the molecule is Cc1cccc(NC(=O)C(C)SCC(N)=S)c1C. The van der Waals surface area contributed by atoms with E-state index in [1.54, 1.807) is 0 Å².